The number of ether oxygens (including phenoxy) is 1. The Bertz CT molecular complexity index is 172. The fraction of sp³-hybridized carbons (Fsp3) is 1.00. The van der Waals surface area contributed by atoms with Crippen molar-refractivity contribution in [1.29, 1.82) is 0 Å². The quantitative estimate of drug-likeness (QED) is 0.720. The molecule has 0 saturated heterocycles. The number of rotatable bonds is 7. The smallest absolute Gasteiger partial charge is 0.0700 e. The second-order valence-corrected chi connectivity index (χ2v) is 5.04. The molecule has 1 aliphatic carbocycles. The van der Waals surface area contributed by atoms with Crippen molar-refractivity contribution in [1.82, 2.24) is 5.32 Å². The largest absolute Gasteiger partial charge is 0.374 e. The van der Waals surface area contributed by atoms with Crippen LogP contribution in [-0.2, 0) is 4.74 Å². The summed E-state index contributed by atoms with van der Waals surface area (Å²) in [5.74, 6) is 0.912. The highest BCUT2D eigenvalue weighted by atomic mass is 16.5. The Morgan fingerprint density at radius 1 is 1.25 bits per heavy atom. The average Bonchev–Trinajstić information content (AvgIpc) is 2.34. The molecule has 1 rings (SSSR count). The molecule has 16 heavy (non-hydrogen) atoms. The van der Waals surface area contributed by atoms with Crippen LogP contribution in [0.25, 0.3) is 0 Å². The van der Waals surface area contributed by atoms with Gasteiger partial charge in [-0.05, 0) is 31.7 Å². The summed E-state index contributed by atoms with van der Waals surface area (Å²) in [4.78, 5) is 0. The van der Waals surface area contributed by atoms with E-state index in [0.29, 0.717) is 12.2 Å². The van der Waals surface area contributed by atoms with Crippen LogP contribution in [-0.4, -0.2) is 25.3 Å². The molecule has 3 atom stereocenters. The third-order valence-electron chi connectivity index (χ3n) is 3.77. The fourth-order valence-corrected chi connectivity index (χ4v) is 2.60. The highest BCUT2D eigenvalue weighted by Crippen LogP contribution is 2.29. The topological polar surface area (TPSA) is 21.3 Å². The molecule has 0 amide bonds. The molecule has 1 aliphatic rings. The minimum Gasteiger partial charge on any atom is -0.374 e. The van der Waals surface area contributed by atoms with E-state index in [0.717, 1.165) is 25.4 Å². The van der Waals surface area contributed by atoms with Crippen LogP contribution < -0.4 is 5.32 Å². The maximum atomic E-state index is 6.21. The first kappa shape index (κ1) is 14.0. The molecule has 0 aromatic heterocycles. The zero-order valence-electron chi connectivity index (χ0n) is 11.3. The predicted molar refractivity (Wildman–Crippen MR) is 69.7 cm³/mol. The van der Waals surface area contributed by atoms with E-state index in [2.05, 4.69) is 26.1 Å². The van der Waals surface area contributed by atoms with Crippen LogP contribution in [0.1, 0.15) is 59.3 Å². The summed E-state index contributed by atoms with van der Waals surface area (Å²) < 4.78 is 6.21. The van der Waals surface area contributed by atoms with Crippen molar-refractivity contribution >= 4 is 0 Å². The molecule has 1 saturated carbocycles. The number of nitrogens with one attached hydrogen (secondary N) is 1. The van der Waals surface area contributed by atoms with Gasteiger partial charge in [-0.1, -0.05) is 40.0 Å². The summed E-state index contributed by atoms with van der Waals surface area (Å²) in [6, 6.07) is 0. The standard InChI is InChI=1S/C14H29NO/c1-4-12-8-7-9-14(10-12)16-13(5-2)11-15-6-3/h12-15H,4-11H2,1-3H3. The van der Waals surface area contributed by atoms with Crippen molar-refractivity contribution in [3.63, 3.8) is 0 Å². The van der Waals surface area contributed by atoms with Crippen molar-refractivity contribution in [2.45, 2.75) is 71.5 Å². The normalized spacial score (nSPS) is 27.9. The summed E-state index contributed by atoms with van der Waals surface area (Å²) in [6.45, 7) is 8.74. The fourth-order valence-electron chi connectivity index (χ4n) is 2.60. The van der Waals surface area contributed by atoms with E-state index in [1.54, 1.807) is 0 Å². The van der Waals surface area contributed by atoms with Gasteiger partial charge in [0.25, 0.3) is 0 Å². The van der Waals surface area contributed by atoms with E-state index in [4.69, 9.17) is 4.74 Å². The highest BCUT2D eigenvalue weighted by Gasteiger charge is 2.23. The molecule has 0 aromatic carbocycles. The molecule has 1 fully saturated rings. The van der Waals surface area contributed by atoms with Crippen LogP contribution in [0.2, 0.25) is 0 Å². The van der Waals surface area contributed by atoms with Crippen LogP contribution in [0.4, 0.5) is 0 Å². The second-order valence-electron chi connectivity index (χ2n) is 5.04. The van der Waals surface area contributed by atoms with Gasteiger partial charge in [0.15, 0.2) is 0 Å². The SMILES string of the molecule is CCNCC(CC)OC1CCCC(CC)C1. The van der Waals surface area contributed by atoms with Gasteiger partial charge in [-0.2, -0.15) is 0 Å². The molecule has 0 spiro atoms. The molecule has 0 radical (unpaired) electrons. The van der Waals surface area contributed by atoms with E-state index < -0.39 is 0 Å². The summed E-state index contributed by atoms with van der Waals surface area (Å²) in [5, 5.41) is 3.39. The average molecular weight is 227 g/mol. The van der Waals surface area contributed by atoms with Crippen LogP contribution in [0, 0.1) is 5.92 Å². The second kappa shape index (κ2) is 8.08. The van der Waals surface area contributed by atoms with Gasteiger partial charge in [-0.25, -0.2) is 0 Å². The lowest BCUT2D eigenvalue weighted by atomic mass is 9.85. The lowest BCUT2D eigenvalue weighted by Crippen LogP contribution is -2.34. The molecule has 0 heterocycles. The summed E-state index contributed by atoms with van der Waals surface area (Å²) >= 11 is 0. The number of likely N-dealkylation sites (N-methyl/N-ethyl adjacent to an activating group) is 1. The first-order chi connectivity index (χ1) is 7.80. The zero-order chi connectivity index (χ0) is 11.8. The molecule has 96 valence electrons. The van der Waals surface area contributed by atoms with Crippen molar-refractivity contribution < 1.29 is 4.74 Å². The molecule has 3 unspecified atom stereocenters. The Hall–Kier alpha value is -0.0800. The first-order valence-electron chi connectivity index (χ1n) is 7.16. The van der Waals surface area contributed by atoms with Crippen molar-refractivity contribution in [2.75, 3.05) is 13.1 Å². The van der Waals surface area contributed by atoms with E-state index in [-0.39, 0.29) is 0 Å². The molecule has 2 nitrogen and oxygen atoms in total. The van der Waals surface area contributed by atoms with Crippen molar-refractivity contribution in [3.8, 4) is 0 Å². The van der Waals surface area contributed by atoms with Gasteiger partial charge in [0.05, 0.1) is 12.2 Å². The summed E-state index contributed by atoms with van der Waals surface area (Å²) in [5.41, 5.74) is 0. The molecular formula is C14H29NO. The van der Waals surface area contributed by atoms with E-state index >= 15 is 0 Å². The Balaban J connectivity index is 2.27. The third-order valence-corrected chi connectivity index (χ3v) is 3.77. The van der Waals surface area contributed by atoms with E-state index in [9.17, 15) is 0 Å². The maximum Gasteiger partial charge on any atom is 0.0700 e. The van der Waals surface area contributed by atoms with Crippen LogP contribution in [0.5, 0.6) is 0 Å². The lowest BCUT2D eigenvalue weighted by Gasteiger charge is -2.31. The van der Waals surface area contributed by atoms with E-state index in [1.807, 2.05) is 0 Å². The van der Waals surface area contributed by atoms with Gasteiger partial charge < -0.3 is 10.1 Å². The molecule has 2 heteroatoms. The third kappa shape index (κ3) is 4.84. The van der Waals surface area contributed by atoms with Gasteiger partial charge in [0.1, 0.15) is 0 Å². The molecule has 0 bridgehead atoms. The lowest BCUT2D eigenvalue weighted by molar-refractivity contribution is -0.0408. The minimum atomic E-state index is 0.417. The predicted octanol–water partition coefficient (Wildman–Crippen LogP) is 3.36. The van der Waals surface area contributed by atoms with Gasteiger partial charge in [0, 0.05) is 6.54 Å². The van der Waals surface area contributed by atoms with Crippen molar-refractivity contribution in [2.24, 2.45) is 5.92 Å². The van der Waals surface area contributed by atoms with E-state index in [1.165, 1.54) is 32.1 Å². The highest BCUT2D eigenvalue weighted by molar-refractivity contribution is 4.74. The monoisotopic (exact) mass is 227 g/mol. The van der Waals surface area contributed by atoms with Gasteiger partial charge in [-0.15, -0.1) is 0 Å². The van der Waals surface area contributed by atoms with Crippen LogP contribution >= 0.6 is 0 Å². The number of hydrogen-bond donors (Lipinski definition) is 1. The summed E-state index contributed by atoms with van der Waals surface area (Å²) in [6.07, 6.45) is 8.74. The first-order valence-corrected chi connectivity index (χ1v) is 7.16. The molecule has 0 aliphatic heterocycles. The minimum absolute atomic E-state index is 0.417. The van der Waals surface area contributed by atoms with Crippen LogP contribution in [0.15, 0.2) is 0 Å². The molecular weight excluding hydrogens is 198 g/mol. The maximum absolute atomic E-state index is 6.21. The van der Waals surface area contributed by atoms with Gasteiger partial charge >= 0.3 is 0 Å². The number of hydrogen-bond acceptors (Lipinski definition) is 2. The van der Waals surface area contributed by atoms with Crippen molar-refractivity contribution in [3.05, 3.63) is 0 Å². The Kier molecular flexibility index (Phi) is 7.06. The molecule has 0 aromatic rings. The molecule has 1 N–H and O–H groups in total. The Labute approximate surface area is 101 Å². The zero-order valence-corrected chi connectivity index (χ0v) is 11.3. The van der Waals surface area contributed by atoms with Crippen LogP contribution in [0.3, 0.4) is 0 Å². The Morgan fingerprint density at radius 3 is 2.69 bits per heavy atom. The Morgan fingerprint density at radius 2 is 2.06 bits per heavy atom. The van der Waals surface area contributed by atoms with Gasteiger partial charge in [0.2, 0.25) is 0 Å². The summed E-state index contributed by atoms with van der Waals surface area (Å²) in [7, 11) is 0. The van der Waals surface area contributed by atoms with Gasteiger partial charge in [-0.3, -0.25) is 0 Å².